The lowest BCUT2D eigenvalue weighted by atomic mass is 10.0. The van der Waals surface area contributed by atoms with E-state index in [-0.39, 0.29) is 5.91 Å². The van der Waals surface area contributed by atoms with Gasteiger partial charge in [-0.15, -0.1) is 0 Å². The summed E-state index contributed by atoms with van der Waals surface area (Å²) in [4.78, 5) is 12.0. The molecule has 18 heavy (non-hydrogen) atoms. The van der Waals surface area contributed by atoms with Crippen LogP contribution in [0.3, 0.4) is 0 Å². The molecule has 98 valence electrons. The van der Waals surface area contributed by atoms with Crippen LogP contribution in [0.4, 0.5) is 0 Å². The monoisotopic (exact) mass is 358 g/mol. The van der Waals surface area contributed by atoms with Gasteiger partial charge in [0.1, 0.15) is 0 Å². The Morgan fingerprint density at radius 2 is 2.39 bits per heavy atom. The molecule has 0 bridgehead atoms. The van der Waals surface area contributed by atoms with E-state index in [0.29, 0.717) is 18.5 Å². The summed E-state index contributed by atoms with van der Waals surface area (Å²) in [5.41, 5.74) is 1.08. The van der Waals surface area contributed by atoms with Gasteiger partial charge < -0.3 is 10.6 Å². The van der Waals surface area contributed by atoms with Crippen molar-refractivity contribution < 1.29 is 4.79 Å². The fourth-order valence-electron chi connectivity index (χ4n) is 2.37. The molecule has 0 saturated carbocycles. The summed E-state index contributed by atoms with van der Waals surface area (Å²) in [6.45, 7) is 3.16. The van der Waals surface area contributed by atoms with E-state index in [9.17, 15) is 4.79 Å². The van der Waals surface area contributed by atoms with Crippen molar-refractivity contribution in [2.45, 2.75) is 38.3 Å². The van der Waals surface area contributed by atoms with Gasteiger partial charge in [0, 0.05) is 15.7 Å². The Hall–Kier alpha value is -0.620. The Morgan fingerprint density at radius 1 is 1.56 bits per heavy atom. The van der Waals surface area contributed by atoms with E-state index in [0.717, 1.165) is 24.9 Å². The van der Waals surface area contributed by atoms with Crippen LogP contribution in [0.5, 0.6) is 0 Å². The van der Waals surface area contributed by atoms with Crippen molar-refractivity contribution in [3.63, 3.8) is 0 Å². The SMILES string of the molecule is CC1CC(NC(=O)Cc2cccc(I)c2)CCN1. The summed E-state index contributed by atoms with van der Waals surface area (Å²) in [6, 6.07) is 8.93. The van der Waals surface area contributed by atoms with Crippen molar-refractivity contribution in [3.8, 4) is 0 Å². The predicted octanol–water partition coefficient (Wildman–Crippen LogP) is 2.09. The van der Waals surface area contributed by atoms with E-state index in [1.165, 1.54) is 3.57 Å². The van der Waals surface area contributed by atoms with Crippen LogP contribution in [0.15, 0.2) is 24.3 Å². The lowest BCUT2D eigenvalue weighted by Crippen LogP contribution is -2.46. The van der Waals surface area contributed by atoms with Gasteiger partial charge in [-0.25, -0.2) is 0 Å². The molecule has 1 aliphatic rings. The number of hydrogen-bond acceptors (Lipinski definition) is 2. The highest BCUT2D eigenvalue weighted by Crippen LogP contribution is 2.10. The van der Waals surface area contributed by atoms with E-state index >= 15 is 0 Å². The molecule has 0 aliphatic carbocycles. The van der Waals surface area contributed by atoms with Gasteiger partial charge in [0.2, 0.25) is 5.91 Å². The second-order valence-corrected chi connectivity index (χ2v) is 6.20. The van der Waals surface area contributed by atoms with E-state index in [1.54, 1.807) is 0 Å². The van der Waals surface area contributed by atoms with E-state index < -0.39 is 0 Å². The van der Waals surface area contributed by atoms with Gasteiger partial charge in [0.15, 0.2) is 0 Å². The average Bonchev–Trinajstić information content (AvgIpc) is 2.28. The van der Waals surface area contributed by atoms with Gasteiger partial charge in [-0.05, 0) is 66.6 Å². The molecule has 2 atom stereocenters. The fourth-order valence-corrected chi connectivity index (χ4v) is 2.98. The van der Waals surface area contributed by atoms with Crippen LogP contribution >= 0.6 is 22.6 Å². The lowest BCUT2D eigenvalue weighted by molar-refractivity contribution is -0.121. The van der Waals surface area contributed by atoms with Crippen molar-refractivity contribution in [1.29, 1.82) is 0 Å². The zero-order valence-corrected chi connectivity index (χ0v) is 12.7. The highest BCUT2D eigenvalue weighted by atomic mass is 127. The van der Waals surface area contributed by atoms with Gasteiger partial charge in [-0.3, -0.25) is 4.79 Å². The minimum absolute atomic E-state index is 0.135. The Morgan fingerprint density at radius 3 is 3.11 bits per heavy atom. The van der Waals surface area contributed by atoms with Crippen LogP contribution in [0.2, 0.25) is 0 Å². The number of rotatable bonds is 3. The number of carbonyl (C=O) groups is 1. The maximum atomic E-state index is 12.0. The molecule has 0 spiro atoms. The van der Waals surface area contributed by atoms with Gasteiger partial charge in [-0.1, -0.05) is 12.1 Å². The molecule has 1 saturated heterocycles. The molecule has 0 aromatic heterocycles. The van der Waals surface area contributed by atoms with Crippen molar-refractivity contribution in [3.05, 3.63) is 33.4 Å². The topological polar surface area (TPSA) is 41.1 Å². The van der Waals surface area contributed by atoms with Gasteiger partial charge >= 0.3 is 0 Å². The molecule has 1 aromatic rings. The number of nitrogens with one attached hydrogen (secondary N) is 2. The van der Waals surface area contributed by atoms with Gasteiger partial charge in [-0.2, -0.15) is 0 Å². The molecular weight excluding hydrogens is 339 g/mol. The van der Waals surface area contributed by atoms with Crippen LogP contribution in [-0.4, -0.2) is 24.5 Å². The normalized spacial score (nSPS) is 23.7. The molecule has 2 N–H and O–H groups in total. The summed E-state index contributed by atoms with van der Waals surface area (Å²) >= 11 is 2.27. The number of amides is 1. The van der Waals surface area contributed by atoms with Crippen LogP contribution in [0.25, 0.3) is 0 Å². The summed E-state index contributed by atoms with van der Waals surface area (Å²) in [5, 5.41) is 6.53. The maximum absolute atomic E-state index is 12.0. The molecule has 1 fully saturated rings. The average molecular weight is 358 g/mol. The van der Waals surface area contributed by atoms with Gasteiger partial charge in [0.25, 0.3) is 0 Å². The largest absolute Gasteiger partial charge is 0.353 e. The van der Waals surface area contributed by atoms with E-state index in [1.807, 2.05) is 18.2 Å². The number of piperidine rings is 1. The van der Waals surface area contributed by atoms with Crippen LogP contribution in [0.1, 0.15) is 25.3 Å². The Labute approximate surface area is 122 Å². The first-order valence-corrected chi connectivity index (χ1v) is 7.48. The van der Waals surface area contributed by atoms with E-state index in [4.69, 9.17) is 0 Å². The second kappa shape index (κ2) is 6.52. The van der Waals surface area contributed by atoms with Crippen LogP contribution in [0, 0.1) is 3.57 Å². The highest BCUT2D eigenvalue weighted by Gasteiger charge is 2.19. The van der Waals surface area contributed by atoms with E-state index in [2.05, 4.69) is 46.2 Å². The molecule has 2 unspecified atom stereocenters. The molecule has 1 amide bonds. The van der Waals surface area contributed by atoms with Crippen molar-refractivity contribution >= 4 is 28.5 Å². The number of halogens is 1. The van der Waals surface area contributed by atoms with Crippen molar-refractivity contribution in [2.75, 3.05) is 6.54 Å². The fraction of sp³-hybridized carbons (Fsp3) is 0.500. The Bertz CT molecular complexity index is 422. The molecule has 0 radical (unpaired) electrons. The molecule has 1 heterocycles. The predicted molar refractivity (Wildman–Crippen MR) is 81.5 cm³/mol. The summed E-state index contributed by atoms with van der Waals surface area (Å²) < 4.78 is 1.17. The summed E-state index contributed by atoms with van der Waals surface area (Å²) in [7, 11) is 0. The third-order valence-corrected chi connectivity index (χ3v) is 3.91. The highest BCUT2D eigenvalue weighted by molar-refractivity contribution is 14.1. The van der Waals surface area contributed by atoms with Crippen LogP contribution in [-0.2, 0) is 11.2 Å². The Balaban J connectivity index is 1.85. The third kappa shape index (κ3) is 4.24. The van der Waals surface area contributed by atoms with Gasteiger partial charge in [0.05, 0.1) is 6.42 Å². The first kappa shape index (κ1) is 13.8. The first-order valence-electron chi connectivity index (χ1n) is 6.40. The Kier molecular flexibility index (Phi) is 5.00. The number of hydrogen-bond donors (Lipinski definition) is 2. The smallest absolute Gasteiger partial charge is 0.224 e. The van der Waals surface area contributed by atoms with Crippen molar-refractivity contribution in [1.82, 2.24) is 10.6 Å². The second-order valence-electron chi connectivity index (χ2n) is 4.95. The van der Waals surface area contributed by atoms with Crippen molar-refractivity contribution in [2.24, 2.45) is 0 Å². The zero-order valence-electron chi connectivity index (χ0n) is 10.6. The number of carbonyl (C=O) groups excluding carboxylic acids is 1. The lowest BCUT2D eigenvalue weighted by Gasteiger charge is -2.28. The molecule has 4 heteroatoms. The molecular formula is C14H19IN2O. The molecule has 1 aromatic carbocycles. The van der Waals surface area contributed by atoms with Crippen LogP contribution < -0.4 is 10.6 Å². The first-order chi connectivity index (χ1) is 8.63. The number of benzene rings is 1. The quantitative estimate of drug-likeness (QED) is 0.813. The summed E-state index contributed by atoms with van der Waals surface area (Å²) in [6.07, 6.45) is 2.54. The zero-order chi connectivity index (χ0) is 13.0. The standard InChI is InChI=1S/C14H19IN2O/c1-10-7-13(5-6-16-10)17-14(18)9-11-3-2-4-12(15)8-11/h2-4,8,10,13,16H,5-7,9H2,1H3,(H,17,18). The molecule has 2 rings (SSSR count). The summed E-state index contributed by atoms with van der Waals surface area (Å²) in [5.74, 6) is 0.135. The molecule has 1 aliphatic heterocycles. The molecule has 3 nitrogen and oxygen atoms in total. The maximum Gasteiger partial charge on any atom is 0.224 e. The third-order valence-electron chi connectivity index (χ3n) is 3.24. The minimum atomic E-state index is 0.135. The minimum Gasteiger partial charge on any atom is -0.353 e.